The fourth-order valence-corrected chi connectivity index (χ4v) is 11.2. The second-order valence-corrected chi connectivity index (χ2v) is 16.0. The molecule has 8 aromatic rings. The van der Waals surface area contributed by atoms with Crippen LogP contribution < -0.4 is 4.74 Å². The molecule has 13 rings (SSSR count). The Kier molecular flexibility index (Phi) is 6.45. The molecule has 0 radical (unpaired) electrons. The Bertz CT molecular complexity index is 2740. The van der Waals surface area contributed by atoms with E-state index in [-0.39, 0.29) is 5.41 Å². The van der Waals surface area contributed by atoms with Crippen LogP contribution in [0.25, 0.3) is 67.2 Å². The predicted octanol–water partition coefficient (Wildman–Crippen LogP) is 12.3. The van der Waals surface area contributed by atoms with Gasteiger partial charge in [-0.2, -0.15) is 0 Å². The third kappa shape index (κ3) is 4.41. The van der Waals surface area contributed by atoms with Crippen LogP contribution in [0.5, 0.6) is 11.5 Å². The Hall–Kier alpha value is -6.07. The van der Waals surface area contributed by atoms with Gasteiger partial charge >= 0.3 is 0 Å². The van der Waals surface area contributed by atoms with Gasteiger partial charge in [-0.3, -0.25) is 0 Å². The van der Waals surface area contributed by atoms with E-state index in [1.165, 1.54) is 43.2 Å². The van der Waals surface area contributed by atoms with E-state index in [4.69, 9.17) is 24.1 Å². The van der Waals surface area contributed by atoms with Gasteiger partial charge in [-0.25, -0.2) is 15.0 Å². The number of hydrogen-bond donors (Lipinski definition) is 0. The molecule has 4 saturated carbocycles. The Labute approximate surface area is 313 Å². The molecule has 4 bridgehead atoms. The van der Waals surface area contributed by atoms with Crippen LogP contribution in [0.1, 0.15) is 43.2 Å². The van der Waals surface area contributed by atoms with Crippen LogP contribution in [0.4, 0.5) is 0 Å². The van der Waals surface area contributed by atoms with Crippen LogP contribution in [0.2, 0.25) is 0 Å². The highest BCUT2D eigenvalue weighted by Crippen LogP contribution is 2.68. The minimum atomic E-state index is 0.00400. The number of rotatable bonds is 4. The van der Waals surface area contributed by atoms with Crippen LogP contribution in [-0.4, -0.2) is 15.0 Å². The summed E-state index contributed by atoms with van der Waals surface area (Å²) < 4.78 is 13.2. The normalized spacial score (nSPS) is 23.4. The molecular formula is C49H37N3O2. The molecule has 0 amide bonds. The van der Waals surface area contributed by atoms with Crippen molar-refractivity contribution in [2.75, 3.05) is 0 Å². The highest BCUT2D eigenvalue weighted by molar-refractivity contribution is 6.09. The van der Waals surface area contributed by atoms with E-state index in [1.54, 1.807) is 0 Å². The molecule has 6 aromatic carbocycles. The fourth-order valence-electron chi connectivity index (χ4n) is 11.2. The number of para-hydroxylation sites is 3. The van der Waals surface area contributed by atoms with Gasteiger partial charge in [0.25, 0.3) is 0 Å². The Balaban J connectivity index is 0.969. The predicted molar refractivity (Wildman–Crippen MR) is 213 cm³/mol. The van der Waals surface area contributed by atoms with Gasteiger partial charge in [0, 0.05) is 49.6 Å². The maximum Gasteiger partial charge on any atom is 0.164 e. The van der Waals surface area contributed by atoms with Gasteiger partial charge in [0.2, 0.25) is 0 Å². The van der Waals surface area contributed by atoms with Crippen molar-refractivity contribution in [3.63, 3.8) is 0 Å². The average Bonchev–Trinajstić information content (AvgIpc) is 3.61. The van der Waals surface area contributed by atoms with Gasteiger partial charge in [0.05, 0.1) is 0 Å². The molecule has 5 heteroatoms. The summed E-state index contributed by atoms with van der Waals surface area (Å²) in [6.45, 7) is 0. The zero-order valence-corrected chi connectivity index (χ0v) is 29.8. The molecule has 54 heavy (non-hydrogen) atoms. The summed E-state index contributed by atoms with van der Waals surface area (Å²) in [7, 11) is 0. The first-order chi connectivity index (χ1) is 26.7. The highest BCUT2D eigenvalue weighted by Gasteiger charge is 2.61. The fraction of sp³-hybridized carbons (Fsp3) is 0.204. The monoisotopic (exact) mass is 699 g/mol. The first-order valence-corrected chi connectivity index (χ1v) is 19.4. The van der Waals surface area contributed by atoms with Gasteiger partial charge in [-0.15, -0.1) is 0 Å². The van der Waals surface area contributed by atoms with Crippen LogP contribution >= 0.6 is 0 Å². The quantitative estimate of drug-likeness (QED) is 0.183. The summed E-state index contributed by atoms with van der Waals surface area (Å²) in [5, 5.41) is 2.25. The van der Waals surface area contributed by atoms with Gasteiger partial charge in [-0.05, 0) is 79.5 Å². The van der Waals surface area contributed by atoms with Crippen molar-refractivity contribution in [1.82, 2.24) is 15.0 Å². The zero-order chi connectivity index (χ0) is 35.4. The first-order valence-electron chi connectivity index (χ1n) is 19.4. The van der Waals surface area contributed by atoms with Gasteiger partial charge in [0.1, 0.15) is 22.7 Å². The van der Waals surface area contributed by atoms with Crippen molar-refractivity contribution in [3.05, 3.63) is 151 Å². The van der Waals surface area contributed by atoms with E-state index in [1.807, 2.05) is 30.3 Å². The summed E-state index contributed by atoms with van der Waals surface area (Å²) in [6, 6.07) is 48.9. The van der Waals surface area contributed by atoms with Crippen LogP contribution in [0.3, 0.4) is 0 Å². The molecule has 1 spiro atoms. The molecule has 0 unspecified atom stereocenters. The summed E-state index contributed by atoms with van der Waals surface area (Å²) in [4.78, 5) is 15.3. The van der Waals surface area contributed by atoms with Crippen molar-refractivity contribution in [3.8, 4) is 56.8 Å². The molecule has 5 nitrogen and oxygen atoms in total. The number of furan rings is 1. The molecule has 0 atom stereocenters. The lowest BCUT2D eigenvalue weighted by Crippen LogP contribution is -2.56. The van der Waals surface area contributed by atoms with Crippen molar-refractivity contribution >= 4 is 21.9 Å². The molecule has 5 aliphatic rings. The number of fused-ring (bicyclic) bond motifs is 5. The zero-order valence-electron chi connectivity index (χ0n) is 29.8. The smallest absolute Gasteiger partial charge is 0.164 e. The summed E-state index contributed by atoms with van der Waals surface area (Å²) in [5.74, 6) is 6.94. The topological polar surface area (TPSA) is 61.0 Å². The number of aromatic nitrogens is 3. The molecule has 2 aromatic heterocycles. The Morgan fingerprint density at radius 2 is 1.06 bits per heavy atom. The molecule has 0 saturated heterocycles. The summed E-state index contributed by atoms with van der Waals surface area (Å²) in [6.07, 6.45) is 6.73. The van der Waals surface area contributed by atoms with Crippen molar-refractivity contribution in [2.24, 2.45) is 23.7 Å². The van der Waals surface area contributed by atoms with Crippen molar-refractivity contribution in [2.45, 2.75) is 37.5 Å². The summed E-state index contributed by atoms with van der Waals surface area (Å²) in [5.41, 5.74) is 9.49. The van der Waals surface area contributed by atoms with E-state index in [9.17, 15) is 0 Å². The second kappa shape index (κ2) is 11.5. The van der Waals surface area contributed by atoms with E-state index >= 15 is 0 Å². The number of benzene rings is 6. The minimum absolute atomic E-state index is 0.00400. The van der Waals surface area contributed by atoms with E-state index in [2.05, 4.69) is 109 Å². The molecular weight excluding hydrogens is 663 g/mol. The minimum Gasteiger partial charge on any atom is -0.457 e. The van der Waals surface area contributed by atoms with E-state index in [0.717, 1.165) is 73.1 Å². The van der Waals surface area contributed by atoms with E-state index < -0.39 is 0 Å². The highest BCUT2D eigenvalue weighted by atomic mass is 16.5. The van der Waals surface area contributed by atoms with Crippen LogP contribution in [0.15, 0.2) is 144 Å². The Morgan fingerprint density at radius 3 is 1.83 bits per heavy atom. The van der Waals surface area contributed by atoms with Gasteiger partial charge in [-0.1, -0.05) is 121 Å². The van der Waals surface area contributed by atoms with Gasteiger partial charge < -0.3 is 9.15 Å². The third-order valence-corrected chi connectivity index (χ3v) is 13.2. The third-order valence-electron chi connectivity index (χ3n) is 13.2. The van der Waals surface area contributed by atoms with Crippen LogP contribution in [-0.2, 0) is 5.41 Å². The number of ether oxygens (including phenoxy) is 1. The molecule has 260 valence electrons. The standard InChI is InChI=1S/C49H37N3O2/c1-2-9-32(10-3-1)46-50-47(33-19-17-31(18-20-33)37-12-8-13-39-38-11-4-6-15-42(38)54-45(37)39)52-48(51-46)34-21-22-41-44(28-34)53-43-16-7-5-14-40(43)49(41)35-24-29-23-30(26-35)27-36(49)25-29/h1-22,28-30,35-36H,23-27H2. The van der Waals surface area contributed by atoms with Gasteiger partial charge in [0.15, 0.2) is 17.5 Å². The number of nitrogens with zero attached hydrogens (tertiary/aromatic N) is 3. The molecule has 3 heterocycles. The maximum atomic E-state index is 6.83. The molecule has 4 aliphatic carbocycles. The largest absolute Gasteiger partial charge is 0.457 e. The SMILES string of the molecule is c1ccc(-c2nc(-c3ccc(-c4cccc5c4oc4ccccc45)cc3)nc(-c3ccc4c(c3)Oc3ccccc3C43C4CC5CC(C4)CC3C5)n2)cc1. The van der Waals surface area contributed by atoms with Crippen molar-refractivity contribution in [1.29, 1.82) is 0 Å². The Morgan fingerprint density at radius 1 is 0.463 bits per heavy atom. The van der Waals surface area contributed by atoms with Crippen molar-refractivity contribution < 1.29 is 9.15 Å². The number of hydrogen-bond acceptors (Lipinski definition) is 5. The lowest BCUT2D eigenvalue weighted by Gasteiger charge is -2.63. The maximum absolute atomic E-state index is 6.83. The lowest BCUT2D eigenvalue weighted by molar-refractivity contribution is -0.0452. The molecule has 0 N–H and O–H groups in total. The van der Waals surface area contributed by atoms with E-state index in [0.29, 0.717) is 29.3 Å². The average molecular weight is 700 g/mol. The molecule has 4 fully saturated rings. The lowest BCUT2D eigenvalue weighted by atomic mass is 9.42. The summed E-state index contributed by atoms with van der Waals surface area (Å²) >= 11 is 0. The second-order valence-electron chi connectivity index (χ2n) is 16.0. The van der Waals surface area contributed by atoms with Crippen LogP contribution in [0, 0.1) is 23.7 Å². The molecule has 1 aliphatic heterocycles. The first kappa shape index (κ1) is 30.4.